The minimum atomic E-state index is 0.750. The van der Waals surface area contributed by atoms with Gasteiger partial charge in [0.1, 0.15) is 0 Å². The van der Waals surface area contributed by atoms with Crippen LogP contribution in [0.1, 0.15) is 52.9 Å². The Bertz CT molecular complexity index is 79.0. The van der Waals surface area contributed by atoms with Gasteiger partial charge in [-0.05, 0) is 25.8 Å². The maximum atomic E-state index is 3.44. The van der Waals surface area contributed by atoms with Crippen molar-refractivity contribution in [3.05, 3.63) is 0 Å². The first-order valence-electron chi connectivity index (χ1n) is 5.47. The molecule has 1 heteroatoms. The summed E-state index contributed by atoms with van der Waals surface area (Å²) in [4.78, 5) is 0. The van der Waals surface area contributed by atoms with Gasteiger partial charge < -0.3 is 5.32 Å². The van der Waals surface area contributed by atoms with Crippen LogP contribution in [-0.4, -0.2) is 13.1 Å². The average Bonchev–Trinajstić information content (AvgIpc) is 2.11. The number of hydrogen-bond donors (Lipinski definition) is 1. The molecule has 0 bridgehead atoms. The summed E-state index contributed by atoms with van der Waals surface area (Å²) in [6.07, 6.45) is 6.64. The Hall–Kier alpha value is -0.0400. The number of rotatable bonds is 7. The lowest BCUT2D eigenvalue weighted by molar-refractivity contribution is 0.320. The van der Waals surface area contributed by atoms with Crippen LogP contribution in [0.15, 0.2) is 0 Å². The van der Waals surface area contributed by atoms with Crippen molar-refractivity contribution in [2.45, 2.75) is 58.9 Å². The van der Waals surface area contributed by atoms with Crippen molar-refractivity contribution >= 4 is 0 Å². The zero-order valence-corrected chi connectivity index (χ0v) is 9.19. The highest BCUT2D eigenvalue weighted by Gasteiger charge is 2.15. The molecule has 12 heavy (non-hydrogen) atoms. The van der Waals surface area contributed by atoms with Gasteiger partial charge >= 0.3 is 0 Å². The van der Waals surface area contributed by atoms with Gasteiger partial charge in [-0.2, -0.15) is 0 Å². The van der Waals surface area contributed by atoms with Crippen LogP contribution in [0.4, 0.5) is 0 Å². The second-order valence-electron chi connectivity index (χ2n) is 3.64. The maximum absolute atomic E-state index is 3.44. The molecule has 0 saturated carbocycles. The third-order valence-corrected chi connectivity index (χ3v) is 2.72. The molecule has 0 amide bonds. The number of nitrogens with one attached hydrogen (secondary N) is 1. The van der Waals surface area contributed by atoms with E-state index in [1.165, 1.54) is 32.1 Å². The number of hydrogen-bond acceptors (Lipinski definition) is 1. The van der Waals surface area contributed by atoms with Gasteiger partial charge in [-0.3, -0.25) is 0 Å². The van der Waals surface area contributed by atoms with Crippen molar-refractivity contribution < 1.29 is 0 Å². The van der Waals surface area contributed by atoms with Crippen LogP contribution in [0.3, 0.4) is 0 Å². The van der Waals surface area contributed by atoms with Gasteiger partial charge in [0.2, 0.25) is 0 Å². The van der Waals surface area contributed by atoms with E-state index >= 15 is 0 Å². The molecular formula is C11H25N. The SMILES string of the molecule is CCCC(CC)C(CCC)NC. The van der Waals surface area contributed by atoms with Crippen molar-refractivity contribution in [1.29, 1.82) is 0 Å². The molecule has 0 aromatic carbocycles. The molecule has 0 fully saturated rings. The molecule has 74 valence electrons. The standard InChI is InChI=1S/C11H25N/c1-5-8-10(7-3)11(12-4)9-6-2/h10-12H,5-9H2,1-4H3. The Balaban J connectivity index is 3.84. The van der Waals surface area contributed by atoms with Gasteiger partial charge in [0, 0.05) is 6.04 Å². The molecule has 0 aromatic heterocycles. The van der Waals surface area contributed by atoms with Crippen LogP contribution in [0.5, 0.6) is 0 Å². The van der Waals surface area contributed by atoms with E-state index in [0.717, 1.165) is 12.0 Å². The van der Waals surface area contributed by atoms with Gasteiger partial charge in [0.25, 0.3) is 0 Å². The van der Waals surface area contributed by atoms with Gasteiger partial charge in [-0.1, -0.05) is 40.0 Å². The van der Waals surface area contributed by atoms with Crippen LogP contribution in [-0.2, 0) is 0 Å². The molecule has 1 N–H and O–H groups in total. The molecule has 0 aliphatic heterocycles. The summed E-state index contributed by atoms with van der Waals surface area (Å²) >= 11 is 0. The second-order valence-corrected chi connectivity index (χ2v) is 3.64. The predicted molar refractivity (Wildman–Crippen MR) is 56.4 cm³/mol. The lowest BCUT2D eigenvalue weighted by Gasteiger charge is -2.25. The van der Waals surface area contributed by atoms with E-state index < -0.39 is 0 Å². The fourth-order valence-corrected chi connectivity index (χ4v) is 1.99. The monoisotopic (exact) mass is 171 g/mol. The Morgan fingerprint density at radius 2 is 1.58 bits per heavy atom. The molecule has 0 spiro atoms. The topological polar surface area (TPSA) is 12.0 Å². The van der Waals surface area contributed by atoms with Gasteiger partial charge in [-0.25, -0.2) is 0 Å². The van der Waals surface area contributed by atoms with Gasteiger partial charge in [0.05, 0.1) is 0 Å². The molecular weight excluding hydrogens is 146 g/mol. The molecule has 2 atom stereocenters. The summed E-state index contributed by atoms with van der Waals surface area (Å²) in [5, 5.41) is 3.44. The Kier molecular flexibility index (Phi) is 7.58. The minimum absolute atomic E-state index is 0.750. The maximum Gasteiger partial charge on any atom is 0.00921 e. The summed E-state index contributed by atoms with van der Waals surface area (Å²) < 4.78 is 0. The van der Waals surface area contributed by atoms with E-state index in [2.05, 4.69) is 33.1 Å². The predicted octanol–water partition coefficient (Wildman–Crippen LogP) is 3.20. The molecule has 0 aliphatic rings. The molecule has 1 nitrogen and oxygen atoms in total. The Morgan fingerprint density at radius 1 is 1.00 bits per heavy atom. The van der Waals surface area contributed by atoms with Crippen LogP contribution < -0.4 is 5.32 Å². The van der Waals surface area contributed by atoms with Crippen LogP contribution >= 0.6 is 0 Å². The normalized spacial score (nSPS) is 16.0. The summed E-state index contributed by atoms with van der Waals surface area (Å²) in [6, 6.07) is 0.750. The zero-order chi connectivity index (χ0) is 9.40. The smallest absolute Gasteiger partial charge is 0.00921 e. The van der Waals surface area contributed by atoms with Crippen molar-refractivity contribution in [2.75, 3.05) is 7.05 Å². The van der Waals surface area contributed by atoms with Crippen molar-refractivity contribution in [1.82, 2.24) is 5.32 Å². The summed E-state index contributed by atoms with van der Waals surface area (Å²) in [5.41, 5.74) is 0. The molecule has 0 aliphatic carbocycles. The van der Waals surface area contributed by atoms with E-state index in [0.29, 0.717) is 0 Å². The summed E-state index contributed by atoms with van der Waals surface area (Å²) in [6.45, 7) is 6.85. The lowest BCUT2D eigenvalue weighted by Crippen LogP contribution is -2.33. The van der Waals surface area contributed by atoms with Crippen molar-refractivity contribution in [3.8, 4) is 0 Å². The largest absolute Gasteiger partial charge is 0.317 e. The molecule has 0 heterocycles. The first kappa shape index (κ1) is 12.0. The highest BCUT2D eigenvalue weighted by atomic mass is 14.9. The fraction of sp³-hybridized carbons (Fsp3) is 1.00. The first-order chi connectivity index (χ1) is 5.79. The van der Waals surface area contributed by atoms with E-state index in [9.17, 15) is 0 Å². The van der Waals surface area contributed by atoms with Crippen LogP contribution in [0.25, 0.3) is 0 Å². The highest BCUT2D eigenvalue weighted by Crippen LogP contribution is 2.18. The second kappa shape index (κ2) is 7.60. The molecule has 0 saturated heterocycles. The summed E-state index contributed by atoms with van der Waals surface area (Å²) in [5.74, 6) is 0.889. The van der Waals surface area contributed by atoms with E-state index in [1.54, 1.807) is 0 Å². The van der Waals surface area contributed by atoms with E-state index in [4.69, 9.17) is 0 Å². The van der Waals surface area contributed by atoms with Gasteiger partial charge in [0.15, 0.2) is 0 Å². The van der Waals surface area contributed by atoms with E-state index in [-0.39, 0.29) is 0 Å². The van der Waals surface area contributed by atoms with E-state index in [1.807, 2.05) is 0 Å². The summed E-state index contributed by atoms with van der Waals surface area (Å²) in [7, 11) is 2.10. The molecule has 0 aromatic rings. The highest BCUT2D eigenvalue weighted by molar-refractivity contribution is 4.73. The van der Waals surface area contributed by atoms with Gasteiger partial charge in [-0.15, -0.1) is 0 Å². The quantitative estimate of drug-likeness (QED) is 0.620. The Labute approximate surface area is 77.9 Å². The third-order valence-electron chi connectivity index (χ3n) is 2.72. The lowest BCUT2D eigenvalue weighted by atomic mass is 9.89. The van der Waals surface area contributed by atoms with Crippen LogP contribution in [0, 0.1) is 5.92 Å². The van der Waals surface area contributed by atoms with Crippen molar-refractivity contribution in [3.63, 3.8) is 0 Å². The van der Waals surface area contributed by atoms with Crippen LogP contribution in [0.2, 0.25) is 0 Å². The van der Waals surface area contributed by atoms with Crippen molar-refractivity contribution in [2.24, 2.45) is 5.92 Å². The molecule has 0 rings (SSSR count). The molecule has 2 unspecified atom stereocenters. The molecule has 0 radical (unpaired) electrons. The fourth-order valence-electron chi connectivity index (χ4n) is 1.99. The zero-order valence-electron chi connectivity index (χ0n) is 9.19. The average molecular weight is 171 g/mol. The third kappa shape index (κ3) is 4.10. The minimum Gasteiger partial charge on any atom is -0.317 e. The Morgan fingerprint density at radius 3 is 1.92 bits per heavy atom. The first-order valence-corrected chi connectivity index (χ1v) is 5.47.